The van der Waals surface area contributed by atoms with Crippen LogP contribution in [0.1, 0.15) is 44.9 Å². The van der Waals surface area contributed by atoms with Crippen molar-refractivity contribution in [1.29, 1.82) is 0 Å². The summed E-state index contributed by atoms with van der Waals surface area (Å²) in [7, 11) is 0. The van der Waals surface area contributed by atoms with Gasteiger partial charge in [0.25, 0.3) is 0 Å². The van der Waals surface area contributed by atoms with Crippen LogP contribution < -0.4 is 14.8 Å². The van der Waals surface area contributed by atoms with E-state index in [1.54, 1.807) is 13.0 Å². The van der Waals surface area contributed by atoms with E-state index in [9.17, 15) is 14.7 Å². The van der Waals surface area contributed by atoms with Gasteiger partial charge in [-0.25, -0.2) is 0 Å². The topological polar surface area (TPSA) is 84.9 Å². The van der Waals surface area contributed by atoms with Crippen LogP contribution in [0.4, 0.5) is 0 Å². The summed E-state index contributed by atoms with van der Waals surface area (Å²) < 4.78 is 10.2. The molecule has 6 nitrogen and oxygen atoms in total. The van der Waals surface area contributed by atoms with Crippen molar-refractivity contribution in [1.82, 2.24) is 5.32 Å². The highest BCUT2D eigenvalue weighted by molar-refractivity contribution is 5.74. The molecule has 1 unspecified atom stereocenters. The van der Waals surface area contributed by atoms with Crippen LogP contribution >= 0.6 is 0 Å². The molecule has 0 bridgehead atoms. The van der Waals surface area contributed by atoms with Crippen molar-refractivity contribution in [3.05, 3.63) is 23.3 Å². The number of benzene rings is 1. The average Bonchev–Trinajstić information content (AvgIpc) is 2.39. The zero-order valence-electron chi connectivity index (χ0n) is 13.6. The lowest BCUT2D eigenvalue weighted by atomic mass is 10.0. The highest BCUT2D eigenvalue weighted by Crippen LogP contribution is 2.36. The van der Waals surface area contributed by atoms with Gasteiger partial charge in [0.15, 0.2) is 11.5 Å². The zero-order valence-corrected chi connectivity index (χ0v) is 13.6. The largest absolute Gasteiger partial charge is 0.423 e. The van der Waals surface area contributed by atoms with Crippen LogP contribution in [0, 0.1) is 6.92 Å². The summed E-state index contributed by atoms with van der Waals surface area (Å²) in [5, 5.41) is 13.4. The molecular formula is C16H23NO5. The Balaban J connectivity index is 3.15. The maximum absolute atomic E-state index is 11.3. The lowest BCUT2D eigenvalue weighted by Gasteiger charge is -2.19. The smallest absolute Gasteiger partial charge is 0.308 e. The third-order valence-corrected chi connectivity index (χ3v) is 2.99. The molecule has 0 saturated carbocycles. The molecule has 2 N–H and O–H groups in total. The average molecular weight is 309 g/mol. The van der Waals surface area contributed by atoms with Gasteiger partial charge >= 0.3 is 11.9 Å². The third kappa shape index (κ3) is 5.13. The highest BCUT2D eigenvalue weighted by atomic mass is 16.6. The normalized spacial score (nSPS) is 12.1. The van der Waals surface area contributed by atoms with Crippen molar-refractivity contribution in [3.63, 3.8) is 0 Å². The van der Waals surface area contributed by atoms with Crippen molar-refractivity contribution < 1.29 is 24.2 Å². The number of rotatable bonds is 6. The number of carbonyl (C=O) groups is 2. The van der Waals surface area contributed by atoms with E-state index in [2.05, 4.69) is 5.32 Å². The molecule has 1 aromatic carbocycles. The summed E-state index contributed by atoms with van der Waals surface area (Å²) in [6.07, 6.45) is -0.761. The number of carbonyl (C=O) groups excluding carboxylic acids is 2. The number of esters is 2. The van der Waals surface area contributed by atoms with Gasteiger partial charge in [-0.05, 0) is 18.6 Å². The minimum atomic E-state index is -0.761. The van der Waals surface area contributed by atoms with Gasteiger partial charge in [0.1, 0.15) is 0 Å². The van der Waals surface area contributed by atoms with Crippen LogP contribution in [0.25, 0.3) is 0 Å². The highest BCUT2D eigenvalue weighted by Gasteiger charge is 2.20. The fourth-order valence-electron chi connectivity index (χ4n) is 2.01. The molecule has 0 aromatic heterocycles. The van der Waals surface area contributed by atoms with Gasteiger partial charge in [-0.3, -0.25) is 9.59 Å². The molecule has 6 heteroatoms. The summed E-state index contributed by atoms with van der Waals surface area (Å²) in [5.41, 5.74) is 1.17. The second-order valence-electron chi connectivity index (χ2n) is 5.37. The Kier molecular flexibility index (Phi) is 6.52. The van der Waals surface area contributed by atoms with E-state index in [1.165, 1.54) is 19.9 Å². The quantitative estimate of drug-likeness (QED) is 0.616. The van der Waals surface area contributed by atoms with Gasteiger partial charge in [0.2, 0.25) is 0 Å². The van der Waals surface area contributed by atoms with Crippen LogP contribution in [-0.4, -0.2) is 29.6 Å². The van der Waals surface area contributed by atoms with Crippen molar-refractivity contribution in [2.75, 3.05) is 6.54 Å². The first-order chi connectivity index (χ1) is 10.2. The van der Waals surface area contributed by atoms with Gasteiger partial charge in [0.05, 0.1) is 6.10 Å². The zero-order chi connectivity index (χ0) is 16.9. The van der Waals surface area contributed by atoms with Crippen LogP contribution in [0.2, 0.25) is 0 Å². The molecule has 122 valence electrons. The first-order valence-corrected chi connectivity index (χ1v) is 7.14. The third-order valence-electron chi connectivity index (χ3n) is 2.99. The number of nitrogens with one attached hydrogen (secondary N) is 1. The predicted octanol–water partition coefficient (Wildman–Crippen LogP) is 1.88. The molecule has 1 rings (SSSR count). The summed E-state index contributed by atoms with van der Waals surface area (Å²) in [6.45, 7) is 8.56. The molecular weight excluding hydrogens is 286 g/mol. The summed E-state index contributed by atoms with van der Waals surface area (Å²) in [5.74, 6) is -0.720. The van der Waals surface area contributed by atoms with Crippen molar-refractivity contribution >= 4 is 11.9 Å². The van der Waals surface area contributed by atoms with Crippen molar-refractivity contribution in [2.24, 2.45) is 0 Å². The van der Waals surface area contributed by atoms with Crippen molar-refractivity contribution in [3.8, 4) is 11.5 Å². The lowest BCUT2D eigenvalue weighted by Crippen LogP contribution is -2.28. The predicted molar refractivity (Wildman–Crippen MR) is 81.9 cm³/mol. The van der Waals surface area contributed by atoms with E-state index >= 15 is 0 Å². The Bertz CT molecular complexity index is 554. The minimum Gasteiger partial charge on any atom is -0.423 e. The first-order valence-electron chi connectivity index (χ1n) is 7.14. The van der Waals surface area contributed by atoms with Gasteiger partial charge in [-0.15, -0.1) is 0 Å². The maximum atomic E-state index is 11.3. The first kappa shape index (κ1) is 18.1. The fourth-order valence-corrected chi connectivity index (χ4v) is 2.01. The van der Waals surface area contributed by atoms with Gasteiger partial charge in [-0.1, -0.05) is 19.9 Å². The second-order valence-corrected chi connectivity index (χ2v) is 5.37. The molecule has 1 atom stereocenters. The van der Waals surface area contributed by atoms with E-state index in [4.69, 9.17) is 9.47 Å². The van der Waals surface area contributed by atoms with E-state index in [-0.39, 0.29) is 17.5 Å². The van der Waals surface area contributed by atoms with E-state index < -0.39 is 18.0 Å². The van der Waals surface area contributed by atoms with E-state index in [0.717, 1.165) is 0 Å². The van der Waals surface area contributed by atoms with E-state index in [1.807, 2.05) is 13.8 Å². The molecule has 0 radical (unpaired) electrons. The summed E-state index contributed by atoms with van der Waals surface area (Å²) >= 11 is 0. The fraction of sp³-hybridized carbons (Fsp3) is 0.500. The molecule has 0 saturated heterocycles. The lowest BCUT2D eigenvalue weighted by molar-refractivity contribution is -0.134. The molecule has 0 spiro atoms. The van der Waals surface area contributed by atoms with Crippen LogP contribution in [0.3, 0.4) is 0 Å². The maximum Gasteiger partial charge on any atom is 0.308 e. The summed E-state index contributed by atoms with van der Waals surface area (Å²) in [4.78, 5) is 22.4. The minimum absolute atomic E-state index is 0.156. The van der Waals surface area contributed by atoms with Crippen LogP contribution in [-0.2, 0) is 9.59 Å². The van der Waals surface area contributed by atoms with Crippen LogP contribution in [0.5, 0.6) is 11.5 Å². The second kappa shape index (κ2) is 7.91. The Hall–Kier alpha value is -1.92. The molecule has 0 amide bonds. The van der Waals surface area contributed by atoms with Gasteiger partial charge in [-0.2, -0.15) is 0 Å². The van der Waals surface area contributed by atoms with Gasteiger partial charge in [0, 0.05) is 32.0 Å². The molecule has 22 heavy (non-hydrogen) atoms. The molecule has 0 fully saturated rings. The standard InChI is InChI=1S/C16H23NO5/c1-9(2)17-8-14(20)13-6-7-15(21-11(4)18)16(10(13)3)22-12(5)19/h6-7,9,14,17,20H,8H2,1-5H3. The Morgan fingerprint density at radius 1 is 1.18 bits per heavy atom. The monoisotopic (exact) mass is 309 g/mol. The molecule has 0 heterocycles. The molecule has 1 aromatic rings. The molecule has 0 aliphatic carbocycles. The molecule has 0 aliphatic rings. The number of hydrogen-bond acceptors (Lipinski definition) is 6. The van der Waals surface area contributed by atoms with Gasteiger partial charge < -0.3 is 19.9 Å². The number of aliphatic hydroxyl groups is 1. The number of aliphatic hydroxyl groups excluding tert-OH is 1. The number of hydrogen-bond donors (Lipinski definition) is 2. The summed E-state index contributed by atoms with van der Waals surface area (Å²) in [6, 6.07) is 3.41. The Labute approximate surface area is 130 Å². The van der Waals surface area contributed by atoms with Crippen molar-refractivity contribution in [2.45, 2.75) is 46.8 Å². The number of ether oxygens (including phenoxy) is 2. The Morgan fingerprint density at radius 2 is 1.77 bits per heavy atom. The van der Waals surface area contributed by atoms with Crippen LogP contribution in [0.15, 0.2) is 12.1 Å². The molecule has 0 aliphatic heterocycles. The Morgan fingerprint density at radius 3 is 2.27 bits per heavy atom. The SMILES string of the molecule is CC(=O)Oc1ccc(C(O)CNC(C)C)c(C)c1OC(C)=O. The van der Waals surface area contributed by atoms with E-state index in [0.29, 0.717) is 17.7 Å².